The van der Waals surface area contributed by atoms with Gasteiger partial charge in [-0.3, -0.25) is 9.59 Å². The van der Waals surface area contributed by atoms with E-state index in [0.717, 1.165) is 17.8 Å². The standard InChI is InChI=1S/C18H23N3O2S/c1-5-13-6-8-14(9-7-13)19-17(23)12(4)24-18-20-15(11(2)3)10-16(22)21-18/h6-12H,5H2,1-4H3,(H,19,23)(H,20,21,22). The van der Waals surface area contributed by atoms with Crippen molar-refractivity contribution in [2.24, 2.45) is 0 Å². The van der Waals surface area contributed by atoms with Gasteiger partial charge in [0.1, 0.15) is 0 Å². The molecule has 0 fully saturated rings. The Balaban J connectivity index is 2.04. The molecule has 0 spiro atoms. The number of anilines is 1. The molecule has 1 amide bonds. The fourth-order valence-corrected chi connectivity index (χ4v) is 2.91. The van der Waals surface area contributed by atoms with Crippen LogP contribution in [0.4, 0.5) is 5.69 Å². The molecule has 2 N–H and O–H groups in total. The first-order chi connectivity index (χ1) is 11.4. The van der Waals surface area contributed by atoms with Crippen LogP contribution >= 0.6 is 11.8 Å². The second-order valence-corrected chi connectivity index (χ2v) is 7.26. The summed E-state index contributed by atoms with van der Waals surface area (Å²) in [7, 11) is 0. The highest BCUT2D eigenvalue weighted by molar-refractivity contribution is 8.00. The van der Waals surface area contributed by atoms with Crippen molar-refractivity contribution in [1.29, 1.82) is 0 Å². The Morgan fingerprint density at radius 3 is 2.50 bits per heavy atom. The van der Waals surface area contributed by atoms with E-state index in [9.17, 15) is 9.59 Å². The maximum Gasteiger partial charge on any atom is 0.251 e. The van der Waals surface area contributed by atoms with Gasteiger partial charge < -0.3 is 10.3 Å². The van der Waals surface area contributed by atoms with Crippen molar-refractivity contribution in [3.63, 3.8) is 0 Å². The molecule has 0 aliphatic rings. The predicted molar refractivity (Wildman–Crippen MR) is 98.7 cm³/mol. The second kappa shape index (κ2) is 8.15. The van der Waals surface area contributed by atoms with Gasteiger partial charge in [-0.25, -0.2) is 4.98 Å². The molecule has 0 bridgehead atoms. The van der Waals surface area contributed by atoms with Crippen molar-refractivity contribution in [3.8, 4) is 0 Å². The van der Waals surface area contributed by atoms with E-state index in [1.54, 1.807) is 6.92 Å². The van der Waals surface area contributed by atoms with Gasteiger partial charge in [0.05, 0.1) is 10.9 Å². The average molecular weight is 345 g/mol. The van der Waals surface area contributed by atoms with Crippen molar-refractivity contribution in [2.45, 2.75) is 50.4 Å². The Labute approximate surface area is 146 Å². The Hall–Kier alpha value is -2.08. The molecular formula is C18H23N3O2S. The van der Waals surface area contributed by atoms with E-state index in [2.05, 4.69) is 22.2 Å². The van der Waals surface area contributed by atoms with Gasteiger partial charge in [-0.05, 0) is 37.0 Å². The van der Waals surface area contributed by atoms with Gasteiger partial charge in [-0.2, -0.15) is 0 Å². The van der Waals surface area contributed by atoms with Crippen molar-refractivity contribution >= 4 is 23.4 Å². The number of rotatable bonds is 6. The fourth-order valence-electron chi connectivity index (χ4n) is 2.09. The number of hydrogen-bond donors (Lipinski definition) is 2. The normalized spacial score (nSPS) is 12.2. The van der Waals surface area contributed by atoms with Gasteiger partial charge in [0.2, 0.25) is 5.91 Å². The number of hydrogen-bond acceptors (Lipinski definition) is 4. The van der Waals surface area contributed by atoms with E-state index in [-0.39, 0.29) is 22.6 Å². The van der Waals surface area contributed by atoms with Gasteiger partial charge in [0.15, 0.2) is 5.16 Å². The predicted octanol–water partition coefficient (Wildman–Crippen LogP) is 3.58. The van der Waals surface area contributed by atoms with Crippen molar-refractivity contribution in [1.82, 2.24) is 9.97 Å². The summed E-state index contributed by atoms with van der Waals surface area (Å²) in [6.45, 7) is 7.84. The molecule has 2 aromatic rings. The fraction of sp³-hybridized carbons (Fsp3) is 0.389. The second-order valence-electron chi connectivity index (χ2n) is 5.93. The number of benzene rings is 1. The number of aromatic nitrogens is 2. The summed E-state index contributed by atoms with van der Waals surface area (Å²) >= 11 is 1.25. The maximum absolute atomic E-state index is 12.3. The van der Waals surface area contributed by atoms with Crippen LogP contribution < -0.4 is 10.9 Å². The molecule has 1 aromatic heterocycles. The SMILES string of the molecule is CCc1ccc(NC(=O)C(C)Sc2nc(C(C)C)cc(=O)[nH]2)cc1. The van der Waals surface area contributed by atoms with Crippen LogP contribution in [0.2, 0.25) is 0 Å². The summed E-state index contributed by atoms with van der Waals surface area (Å²) in [4.78, 5) is 31.1. The monoisotopic (exact) mass is 345 g/mol. The molecule has 24 heavy (non-hydrogen) atoms. The highest BCUT2D eigenvalue weighted by Crippen LogP contribution is 2.21. The Bertz CT molecular complexity index is 754. The van der Waals surface area contributed by atoms with Gasteiger partial charge >= 0.3 is 0 Å². The third-order valence-corrected chi connectivity index (χ3v) is 4.60. The molecule has 1 aromatic carbocycles. The largest absolute Gasteiger partial charge is 0.325 e. The highest BCUT2D eigenvalue weighted by Gasteiger charge is 2.17. The number of aryl methyl sites for hydroxylation is 1. The zero-order valence-corrected chi connectivity index (χ0v) is 15.2. The lowest BCUT2D eigenvalue weighted by Crippen LogP contribution is -2.23. The van der Waals surface area contributed by atoms with Crippen LogP contribution in [0.3, 0.4) is 0 Å². The lowest BCUT2D eigenvalue weighted by molar-refractivity contribution is -0.115. The molecule has 128 valence electrons. The Morgan fingerprint density at radius 2 is 1.92 bits per heavy atom. The first-order valence-corrected chi connectivity index (χ1v) is 8.94. The van der Waals surface area contributed by atoms with Crippen LogP contribution in [-0.2, 0) is 11.2 Å². The van der Waals surface area contributed by atoms with E-state index in [1.807, 2.05) is 38.1 Å². The van der Waals surface area contributed by atoms with E-state index < -0.39 is 0 Å². The summed E-state index contributed by atoms with van der Waals surface area (Å²) in [6, 6.07) is 9.28. The minimum absolute atomic E-state index is 0.123. The Kier molecular flexibility index (Phi) is 6.20. The average Bonchev–Trinajstić information content (AvgIpc) is 2.54. The smallest absolute Gasteiger partial charge is 0.251 e. The lowest BCUT2D eigenvalue weighted by Gasteiger charge is -2.12. The molecule has 0 radical (unpaired) electrons. The van der Waals surface area contributed by atoms with E-state index >= 15 is 0 Å². The number of H-pyrrole nitrogens is 1. The number of aromatic amines is 1. The molecule has 1 atom stereocenters. The molecule has 0 saturated carbocycles. The number of nitrogens with zero attached hydrogens (tertiary/aromatic N) is 1. The van der Waals surface area contributed by atoms with Crippen LogP contribution in [0.5, 0.6) is 0 Å². The van der Waals surface area contributed by atoms with Gasteiger partial charge in [-0.15, -0.1) is 0 Å². The molecule has 2 rings (SSSR count). The maximum atomic E-state index is 12.3. The zero-order chi connectivity index (χ0) is 17.7. The van der Waals surface area contributed by atoms with Gasteiger partial charge in [0.25, 0.3) is 5.56 Å². The van der Waals surface area contributed by atoms with Crippen LogP contribution in [0.1, 0.15) is 44.9 Å². The van der Waals surface area contributed by atoms with Crippen LogP contribution in [-0.4, -0.2) is 21.1 Å². The van der Waals surface area contributed by atoms with Crippen molar-refractivity contribution in [3.05, 3.63) is 51.9 Å². The molecule has 1 heterocycles. The molecular weight excluding hydrogens is 322 g/mol. The topological polar surface area (TPSA) is 74.8 Å². The molecule has 0 saturated heterocycles. The number of carbonyl (C=O) groups is 1. The van der Waals surface area contributed by atoms with Crippen molar-refractivity contribution < 1.29 is 4.79 Å². The summed E-state index contributed by atoms with van der Waals surface area (Å²) < 4.78 is 0. The number of amides is 1. The van der Waals surface area contributed by atoms with Crippen molar-refractivity contribution in [2.75, 3.05) is 5.32 Å². The molecule has 0 aliphatic carbocycles. The first-order valence-electron chi connectivity index (χ1n) is 8.06. The minimum Gasteiger partial charge on any atom is -0.325 e. The molecule has 1 unspecified atom stereocenters. The quantitative estimate of drug-likeness (QED) is 0.620. The van der Waals surface area contributed by atoms with Gasteiger partial charge in [0, 0.05) is 11.8 Å². The highest BCUT2D eigenvalue weighted by atomic mass is 32.2. The number of carbonyl (C=O) groups excluding carboxylic acids is 1. The van der Waals surface area contributed by atoms with Crippen LogP contribution in [0.25, 0.3) is 0 Å². The third-order valence-electron chi connectivity index (χ3n) is 3.62. The molecule has 0 aliphatic heterocycles. The summed E-state index contributed by atoms with van der Waals surface area (Å²) in [6.07, 6.45) is 0.964. The summed E-state index contributed by atoms with van der Waals surface area (Å²) in [5.74, 6) is 0.0368. The van der Waals surface area contributed by atoms with Crippen LogP contribution in [0, 0.1) is 0 Å². The Morgan fingerprint density at radius 1 is 1.25 bits per heavy atom. The number of nitrogens with one attached hydrogen (secondary N) is 2. The number of thioether (sulfide) groups is 1. The molecule has 6 heteroatoms. The van der Waals surface area contributed by atoms with Gasteiger partial charge in [-0.1, -0.05) is 44.7 Å². The molecule has 5 nitrogen and oxygen atoms in total. The van der Waals surface area contributed by atoms with E-state index in [4.69, 9.17) is 0 Å². The van der Waals surface area contributed by atoms with E-state index in [0.29, 0.717) is 5.16 Å². The minimum atomic E-state index is -0.374. The summed E-state index contributed by atoms with van der Waals surface area (Å²) in [5.41, 5.74) is 2.52. The first kappa shape index (κ1) is 18.3. The van der Waals surface area contributed by atoms with Crippen LogP contribution in [0.15, 0.2) is 40.3 Å². The third kappa shape index (κ3) is 4.96. The summed E-state index contributed by atoms with van der Waals surface area (Å²) in [5, 5.41) is 2.98. The lowest BCUT2D eigenvalue weighted by atomic mass is 10.1. The van der Waals surface area contributed by atoms with E-state index in [1.165, 1.54) is 23.4 Å². The zero-order valence-electron chi connectivity index (χ0n) is 14.4.